The third-order valence-electron chi connectivity index (χ3n) is 2.69. The third-order valence-corrected chi connectivity index (χ3v) is 3.84. The smallest absolute Gasteiger partial charge is 0.265 e. The number of carbonyl (C=O) groups is 1. The first-order chi connectivity index (χ1) is 10.0. The summed E-state index contributed by atoms with van der Waals surface area (Å²) >= 11 is 1.17. The Balaban J connectivity index is 2.14. The predicted molar refractivity (Wildman–Crippen MR) is 78.0 cm³/mol. The minimum Gasteiger partial charge on any atom is -0.396 e. The van der Waals surface area contributed by atoms with Gasteiger partial charge in [0.15, 0.2) is 6.33 Å². The third kappa shape index (κ3) is 3.11. The molecule has 2 aromatic rings. The Bertz CT molecular complexity index is 671. The molecule has 0 bridgehead atoms. The number of rotatable bonds is 5. The average Bonchev–Trinajstić information content (AvgIpc) is 3.06. The van der Waals surface area contributed by atoms with E-state index in [-0.39, 0.29) is 17.2 Å². The van der Waals surface area contributed by atoms with Crippen molar-refractivity contribution in [1.82, 2.24) is 15.0 Å². The van der Waals surface area contributed by atoms with Gasteiger partial charge in [0.2, 0.25) is 5.89 Å². The van der Waals surface area contributed by atoms with Gasteiger partial charge in [-0.1, -0.05) is 5.16 Å². The van der Waals surface area contributed by atoms with Gasteiger partial charge in [-0.2, -0.15) is 10.2 Å². The number of hydrogen-bond donors (Lipinski definition) is 2. The zero-order valence-electron chi connectivity index (χ0n) is 11.6. The van der Waals surface area contributed by atoms with E-state index in [1.165, 1.54) is 22.6 Å². The van der Waals surface area contributed by atoms with E-state index >= 15 is 0 Å². The lowest BCUT2D eigenvalue weighted by Crippen LogP contribution is -2.21. The van der Waals surface area contributed by atoms with Crippen LogP contribution in [0.3, 0.4) is 0 Å². The lowest BCUT2D eigenvalue weighted by molar-refractivity contribution is 0.0833. The van der Waals surface area contributed by atoms with E-state index in [2.05, 4.69) is 15.5 Å². The molecule has 0 saturated heterocycles. The fourth-order valence-electron chi connectivity index (χ4n) is 1.63. The van der Waals surface area contributed by atoms with Crippen LogP contribution in [0.1, 0.15) is 21.1 Å². The highest BCUT2D eigenvalue weighted by Crippen LogP contribution is 2.35. The van der Waals surface area contributed by atoms with Gasteiger partial charge in [-0.25, -0.2) is 0 Å². The summed E-state index contributed by atoms with van der Waals surface area (Å²) in [6.07, 6.45) is 1.84. The first kappa shape index (κ1) is 14.8. The highest BCUT2D eigenvalue weighted by Gasteiger charge is 2.22. The molecule has 0 saturated carbocycles. The molecule has 1 amide bonds. The molecule has 0 radical (unpaired) electrons. The monoisotopic (exact) mass is 306 g/mol. The summed E-state index contributed by atoms with van der Waals surface area (Å²) in [6.45, 7) is 0.492. The Hall–Kier alpha value is -2.60. The molecule has 0 atom stereocenters. The van der Waals surface area contributed by atoms with Crippen LogP contribution in [0.25, 0.3) is 0 Å². The van der Waals surface area contributed by atoms with E-state index in [1.54, 1.807) is 14.1 Å². The number of nitriles is 1. The summed E-state index contributed by atoms with van der Waals surface area (Å²) in [5.74, 6) is 0.272. The maximum absolute atomic E-state index is 12.0. The molecule has 2 aromatic heterocycles. The number of nitrogen functional groups attached to an aromatic ring is 1. The summed E-state index contributed by atoms with van der Waals surface area (Å²) < 4.78 is 4.88. The zero-order chi connectivity index (χ0) is 15.4. The Kier molecular flexibility index (Phi) is 4.39. The van der Waals surface area contributed by atoms with Gasteiger partial charge in [0, 0.05) is 27.1 Å². The van der Waals surface area contributed by atoms with Crippen molar-refractivity contribution in [3.63, 3.8) is 0 Å². The molecule has 2 rings (SSSR count). The molecular formula is C12H14N6O2S. The summed E-state index contributed by atoms with van der Waals surface area (Å²) in [5.41, 5.74) is 6.38. The molecular weight excluding hydrogens is 292 g/mol. The number of nitrogens with zero attached hydrogens (tertiary/aromatic N) is 4. The Morgan fingerprint density at radius 2 is 2.38 bits per heavy atom. The Morgan fingerprint density at radius 3 is 2.95 bits per heavy atom. The number of amides is 1. The van der Waals surface area contributed by atoms with Crippen molar-refractivity contribution >= 4 is 27.9 Å². The minimum atomic E-state index is -0.223. The number of anilines is 2. The van der Waals surface area contributed by atoms with Gasteiger partial charge >= 0.3 is 0 Å². The fourth-order valence-corrected chi connectivity index (χ4v) is 2.75. The van der Waals surface area contributed by atoms with Crippen molar-refractivity contribution in [3.8, 4) is 6.07 Å². The first-order valence-electron chi connectivity index (χ1n) is 6.08. The predicted octanol–water partition coefficient (Wildman–Crippen LogP) is 0.941. The summed E-state index contributed by atoms with van der Waals surface area (Å²) in [6, 6.07) is 2.02. The SMILES string of the molecule is CN(C)C(=O)c1sc(NCCc2ncno2)c(C#N)c1N. The first-order valence-corrected chi connectivity index (χ1v) is 6.89. The highest BCUT2D eigenvalue weighted by atomic mass is 32.1. The number of thiophene rings is 1. The molecule has 0 aliphatic carbocycles. The van der Waals surface area contributed by atoms with E-state index in [1.807, 2.05) is 6.07 Å². The van der Waals surface area contributed by atoms with Crippen LogP contribution >= 0.6 is 11.3 Å². The van der Waals surface area contributed by atoms with Crippen LogP contribution in [0.15, 0.2) is 10.9 Å². The molecule has 0 spiro atoms. The normalized spacial score (nSPS) is 10.1. The molecule has 0 aromatic carbocycles. The quantitative estimate of drug-likeness (QED) is 0.843. The number of hydrogen-bond acceptors (Lipinski definition) is 8. The standard InChI is InChI=1S/C12H14N6O2S/c1-18(2)12(19)10-9(14)7(5-13)11(21-10)15-4-3-8-16-6-17-20-8/h6,15H,3-4,14H2,1-2H3. The topological polar surface area (TPSA) is 121 Å². The molecule has 9 heteroatoms. The van der Waals surface area contributed by atoms with Gasteiger partial charge in [-0.05, 0) is 0 Å². The van der Waals surface area contributed by atoms with E-state index in [9.17, 15) is 10.1 Å². The molecule has 21 heavy (non-hydrogen) atoms. The Morgan fingerprint density at radius 1 is 1.62 bits per heavy atom. The molecule has 0 aliphatic heterocycles. The molecule has 110 valence electrons. The van der Waals surface area contributed by atoms with Crippen molar-refractivity contribution in [1.29, 1.82) is 5.26 Å². The van der Waals surface area contributed by atoms with Crippen LogP contribution in [0.4, 0.5) is 10.7 Å². The van der Waals surface area contributed by atoms with Crippen molar-refractivity contribution in [2.75, 3.05) is 31.7 Å². The van der Waals surface area contributed by atoms with Crippen molar-refractivity contribution < 1.29 is 9.32 Å². The van der Waals surface area contributed by atoms with E-state index in [0.717, 1.165) is 0 Å². The second-order valence-corrected chi connectivity index (χ2v) is 5.39. The number of nitrogens with one attached hydrogen (secondary N) is 1. The Labute approximate surface area is 125 Å². The lowest BCUT2D eigenvalue weighted by Gasteiger charge is -2.08. The summed E-state index contributed by atoms with van der Waals surface area (Å²) in [4.78, 5) is 17.7. The number of nitrogens with two attached hydrogens (primary N) is 1. The molecule has 0 unspecified atom stereocenters. The van der Waals surface area contributed by atoms with Crippen LogP contribution in [-0.4, -0.2) is 41.6 Å². The largest absolute Gasteiger partial charge is 0.396 e. The maximum atomic E-state index is 12.0. The highest BCUT2D eigenvalue weighted by molar-refractivity contribution is 7.18. The van der Waals surface area contributed by atoms with Crippen LogP contribution in [0.5, 0.6) is 0 Å². The van der Waals surface area contributed by atoms with Crippen LogP contribution in [0.2, 0.25) is 0 Å². The number of carbonyl (C=O) groups excluding carboxylic acids is 1. The van der Waals surface area contributed by atoms with Gasteiger partial charge < -0.3 is 20.5 Å². The van der Waals surface area contributed by atoms with Gasteiger partial charge in [-0.3, -0.25) is 4.79 Å². The average molecular weight is 306 g/mol. The maximum Gasteiger partial charge on any atom is 0.265 e. The molecule has 3 N–H and O–H groups in total. The van der Waals surface area contributed by atoms with Gasteiger partial charge in [0.25, 0.3) is 5.91 Å². The molecule has 8 nitrogen and oxygen atoms in total. The van der Waals surface area contributed by atoms with Gasteiger partial charge in [-0.15, -0.1) is 11.3 Å². The van der Waals surface area contributed by atoms with Gasteiger partial charge in [0.1, 0.15) is 21.5 Å². The summed E-state index contributed by atoms with van der Waals surface area (Å²) in [7, 11) is 3.27. The fraction of sp³-hybridized carbons (Fsp3) is 0.333. The van der Waals surface area contributed by atoms with Crippen molar-refractivity contribution in [2.24, 2.45) is 0 Å². The second kappa shape index (κ2) is 6.23. The van der Waals surface area contributed by atoms with E-state index in [4.69, 9.17) is 10.3 Å². The van der Waals surface area contributed by atoms with Crippen LogP contribution in [0, 0.1) is 11.3 Å². The van der Waals surface area contributed by atoms with E-state index < -0.39 is 0 Å². The minimum absolute atomic E-state index is 0.210. The van der Waals surface area contributed by atoms with Gasteiger partial charge in [0.05, 0.1) is 5.69 Å². The summed E-state index contributed by atoms with van der Waals surface area (Å²) in [5, 5.41) is 16.3. The van der Waals surface area contributed by atoms with Crippen LogP contribution < -0.4 is 11.1 Å². The van der Waals surface area contributed by atoms with Crippen molar-refractivity contribution in [2.45, 2.75) is 6.42 Å². The molecule has 0 fully saturated rings. The van der Waals surface area contributed by atoms with Crippen LogP contribution in [-0.2, 0) is 6.42 Å². The second-order valence-electron chi connectivity index (χ2n) is 4.37. The van der Waals surface area contributed by atoms with Crippen molar-refractivity contribution in [3.05, 3.63) is 22.7 Å². The molecule has 0 aliphatic rings. The lowest BCUT2D eigenvalue weighted by atomic mass is 10.2. The number of aromatic nitrogens is 2. The molecule has 2 heterocycles. The van der Waals surface area contributed by atoms with E-state index in [0.29, 0.717) is 28.7 Å². The zero-order valence-corrected chi connectivity index (χ0v) is 12.4.